The topological polar surface area (TPSA) is 159 Å². The normalized spacial score (nSPS) is 19.4. The number of halogens is 3. The van der Waals surface area contributed by atoms with E-state index in [2.05, 4.69) is 20.6 Å². The van der Waals surface area contributed by atoms with Gasteiger partial charge >= 0.3 is 6.09 Å². The highest BCUT2D eigenvalue weighted by Gasteiger charge is 2.34. The summed E-state index contributed by atoms with van der Waals surface area (Å²) in [6.07, 6.45) is 1.71. The predicted molar refractivity (Wildman–Crippen MR) is 130 cm³/mol. The first-order valence-corrected chi connectivity index (χ1v) is 11.2. The molecule has 0 spiro atoms. The number of anilines is 3. The third-order valence-corrected chi connectivity index (χ3v) is 6.11. The molecule has 3 aromatic rings. The maximum absolute atomic E-state index is 14.6. The summed E-state index contributed by atoms with van der Waals surface area (Å²) in [6, 6.07) is 4.42. The number of piperidine rings is 1. The van der Waals surface area contributed by atoms with Gasteiger partial charge in [0.2, 0.25) is 0 Å². The van der Waals surface area contributed by atoms with Crippen LogP contribution in [-0.4, -0.2) is 52.2 Å². The van der Waals surface area contributed by atoms with Crippen molar-refractivity contribution in [2.45, 2.75) is 19.0 Å². The van der Waals surface area contributed by atoms with Crippen molar-refractivity contribution < 1.29 is 27.9 Å². The van der Waals surface area contributed by atoms with Gasteiger partial charge in [-0.2, -0.15) is 0 Å². The van der Waals surface area contributed by atoms with E-state index >= 15 is 0 Å². The minimum atomic E-state index is -1.17. The van der Waals surface area contributed by atoms with Crippen molar-refractivity contribution in [3.63, 3.8) is 0 Å². The number of aromatic nitrogens is 2. The molecule has 37 heavy (non-hydrogen) atoms. The molecule has 3 atom stereocenters. The summed E-state index contributed by atoms with van der Waals surface area (Å²) in [5.74, 6) is -4.22. The summed E-state index contributed by atoms with van der Waals surface area (Å²) in [4.78, 5) is 34.0. The molecule has 1 aromatic carbocycles. The lowest BCUT2D eigenvalue weighted by atomic mass is 9.90. The highest BCUT2D eigenvalue weighted by molar-refractivity contribution is 6.08. The van der Waals surface area contributed by atoms with E-state index in [4.69, 9.17) is 16.6 Å². The van der Waals surface area contributed by atoms with Crippen molar-refractivity contribution >= 4 is 29.1 Å². The number of rotatable bonds is 5. The first kappa shape index (κ1) is 25.7. The Morgan fingerprint density at radius 2 is 1.84 bits per heavy atom. The average Bonchev–Trinajstić information content (AvgIpc) is 2.82. The number of carbonyl (C=O) groups is 2. The lowest BCUT2D eigenvalue weighted by Crippen LogP contribution is -2.61. The van der Waals surface area contributed by atoms with Crippen LogP contribution in [0.15, 0.2) is 42.7 Å². The van der Waals surface area contributed by atoms with E-state index in [0.717, 1.165) is 24.3 Å². The molecule has 0 aliphatic carbocycles. The number of nitrogen functional groups attached to an aromatic ring is 1. The Morgan fingerprint density at radius 1 is 1.14 bits per heavy atom. The molecule has 0 radical (unpaired) electrons. The summed E-state index contributed by atoms with van der Waals surface area (Å²) in [5, 5.41) is 14.1. The summed E-state index contributed by atoms with van der Waals surface area (Å²) < 4.78 is 43.1. The molecule has 2 aromatic heterocycles. The summed E-state index contributed by atoms with van der Waals surface area (Å²) in [6.45, 7) is 2.54. The lowest BCUT2D eigenvalue weighted by molar-refractivity contribution is 0.102. The molecule has 0 unspecified atom stereocenters. The van der Waals surface area contributed by atoms with Crippen molar-refractivity contribution in [1.29, 1.82) is 0 Å². The quantitative estimate of drug-likeness (QED) is 0.347. The SMILES string of the molecule is C[C@H]1CN(c2ccncc2NC(=O)c2nc(-c3c(F)cccc3F)c(F)cc2N)C[C@@H](N)[C@@H]1NC(=O)O. The number of carbonyl (C=O) groups excluding carboxylic acids is 1. The van der Waals surface area contributed by atoms with E-state index in [0.29, 0.717) is 12.2 Å². The zero-order chi connectivity index (χ0) is 26.9. The highest BCUT2D eigenvalue weighted by atomic mass is 19.1. The molecule has 1 aliphatic rings. The number of carboxylic acid groups (broad SMARTS) is 1. The smallest absolute Gasteiger partial charge is 0.404 e. The summed E-state index contributed by atoms with van der Waals surface area (Å²) in [5.41, 5.74) is 10.6. The largest absolute Gasteiger partial charge is 0.465 e. The predicted octanol–water partition coefficient (Wildman–Crippen LogP) is 2.81. The number of hydrogen-bond donors (Lipinski definition) is 5. The monoisotopic (exact) mass is 515 g/mol. The Labute approximate surface area is 209 Å². The molecule has 1 saturated heterocycles. The van der Waals surface area contributed by atoms with Gasteiger partial charge in [0.25, 0.3) is 5.91 Å². The van der Waals surface area contributed by atoms with Gasteiger partial charge in [-0.1, -0.05) is 13.0 Å². The van der Waals surface area contributed by atoms with Crippen molar-refractivity contribution in [3.05, 3.63) is 65.9 Å². The first-order chi connectivity index (χ1) is 17.6. The van der Waals surface area contributed by atoms with Crippen LogP contribution in [0.3, 0.4) is 0 Å². The van der Waals surface area contributed by atoms with Crippen LogP contribution in [0, 0.1) is 23.4 Å². The Hall–Kier alpha value is -4.39. The third kappa shape index (κ3) is 5.26. The van der Waals surface area contributed by atoms with Gasteiger partial charge in [-0.3, -0.25) is 9.78 Å². The van der Waals surface area contributed by atoms with Crippen LogP contribution in [0.1, 0.15) is 17.4 Å². The highest BCUT2D eigenvalue weighted by Crippen LogP contribution is 2.32. The van der Waals surface area contributed by atoms with Crippen LogP contribution in [-0.2, 0) is 0 Å². The molecule has 2 amide bonds. The molecular formula is C24H24F3N7O3. The van der Waals surface area contributed by atoms with E-state index in [-0.39, 0.29) is 23.8 Å². The van der Waals surface area contributed by atoms with E-state index in [1.165, 1.54) is 12.4 Å². The number of nitrogens with zero attached hydrogens (tertiary/aromatic N) is 3. The van der Waals surface area contributed by atoms with Crippen LogP contribution in [0.25, 0.3) is 11.3 Å². The van der Waals surface area contributed by atoms with Gasteiger partial charge in [0.15, 0.2) is 11.5 Å². The first-order valence-electron chi connectivity index (χ1n) is 11.2. The summed E-state index contributed by atoms with van der Waals surface area (Å²) >= 11 is 0. The minimum Gasteiger partial charge on any atom is -0.465 e. The van der Waals surface area contributed by atoms with Crippen LogP contribution in [0.5, 0.6) is 0 Å². The second-order valence-corrected chi connectivity index (χ2v) is 8.72. The zero-order valence-electron chi connectivity index (χ0n) is 19.6. The number of nitrogens with two attached hydrogens (primary N) is 2. The van der Waals surface area contributed by atoms with Crippen LogP contribution < -0.4 is 27.0 Å². The van der Waals surface area contributed by atoms with Crippen LogP contribution in [0.4, 0.5) is 35.0 Å². The molecule has 7 N–H and O–H groups in total. The van der Waals surface area contributed by atoms with Gasteiger partial charge in [-0.05, 0) is 24.1 Å². The van der Waals surface area contributed by atoms with Gasteiger partial charge in [0, 0.05) is 31.4 Å². The Bertz CT molecular complexity index is 1320. The number of amides is 2. The molecule has 3 heterocycles. The lowest BCUT2D eigenvalue weighted by Gasteiger charge is -2.42. The molecule has 13 heteroatoms. The average molecular weight is 515 g/mol. The second kappa shape index (κ2) is 10.3. The summed E-state index contributed by atoms with van der Waals surface area (Å²) in [7, 11) is 0. The maximum atomic E-state index is 14.6. The van der Waals surface area contributed by atoms with Crippen LogP contribution >= 0.6 is 0 Å². The fourth-order valence-corrected chi connectivity index (χ4v) is 4.44. The number of benzene rings is 1. The number of nitrogens with one attached hydrogen (secondary N) is 2. The number of pyridine rings is 2. The molecule has 0 bridgehead atoms. The standard InChI is InChI=1S/C24H24F3N7O3/c1-11-9-34(10-16(29)20(11)33-24(36)37)18-5-6-30-8-17(18)31-23(35)22-15(28)7-14(27)21(32-22)19-12(25)3-2-4-13(19)26/h2-8,11,16,20,33H,9-10,28-29H2,1H3,(H,31,35)(H,36,37)/t11-,16+,20+/m0/s1. The molecule has 1 aliphatic heterocycles. The van der Waals surface area contributed by atoms with Gasteiger partial charge in [0.05, 0.1) is 34.9 Å². The van der Waals surface area contributed by atoms with Gasteiger partial charge < -0.3 is 32.1 Å². The molecule has 194 valence electrons. The fourth-order valence-electron chi connectivity index (χ4n) is 4.44. The molecule has 10 nitrogen and oxygen atoms in total. The molecule has 1 fully saturated rings. The van der Waals surface area contributed by atoms with Crippen molar-refractivity contribution in [2.75, 3.05) is 29.0 Å². The van der Waals surface area contributed by atoms with E-state index in [1.54, 1.807) is 6.07 Å². The zero-order valence-corrected chi connectivity index (χ0v) is 19.6. The maximum Gasteiger partial charge on any atom is 0.404 e. The second-order valence-electron chi connectivity index (χ2n) is 8.72. The van der Waals surface area contributed by atoms with Gasteiger partial charge in [0.1, 0.15) is 17.3 Å². The van der Waals surface area contributed by atoms with E-state index < -0.39 is 58.5 Å². The Balaban J connectivity index is 1.63. The third-order valence-electron chi connectivity index (χ3n) is 6.11. The Morgan fingerprint density at radius 3 is 2.49 bits per heavy atom. The van der Waals surface area contributed by atoms with Gasteiger partial charge in [-0.15, -0.1) is 0 Å². The van der Waals surface area contributed by atoms with Gasteiger partial charge in [-0.25, -0.2) is 22.9 Å². The van der Waals surface area contributed by atoms with E-state index in [9.17, 15) is 22.8 Å². The minimum absolute atomic E-state index is 0.163. The van der Waals surface area contributed by atoms with E-state index in [1.807, 2.05) is 11.8 Å². The van der Waals surface area contributed by atoms with Crippen molar-refractivity contribution in [2.24, 2.45) is 11.7 Å². The van der Waals surface area contributed by atoms with Crippen molar-refractivity contribution in [3.8, 4) is 11.3 Å². The molecular weight excluding hydrogens is 491 g/mol. The molecule has 4 rings (SSSR count). The van der Waals surface area contributed by atoms with Crippen molar-refractivity contribution in [1.82, 2.24) is 15.3 Å². The fraction of sp³-hybridized carbons (Fsp3) is 0.250. The van der Waals surface area contributed by atoms with Crippen LogP contribution in [0.2, 0.25) is 0 Å². The molecule has 0 saturated carbocycles. The Kier molecular flexibility index (Phi) is 7.16. The number of hydrogen-bond acceptors (Lipinski definition) is 7.